The quantitative estimate of drug-likeness (QED) is 0.883. The molecule has 0 saturated carbocycles. The van der Waals surface area contributed by atoms with Crippen LogP contribution in [-0.4, -0.2) is 51.7 Å². The van der Waals surface area contributed by atoms with Crippen LogP contribution in [0.15, 0.2) is 24.3 Å². The summed E-state index contributed by atoms with van der Waals surface area (Å²) in [5.41, 5.74) is 0.590. The fraction of sp³-hybridized carbons (Fsp3) is 0.533. The number of methoxy groups -OCH3 is 1. The lowest BCUT2D eigenvalue weighted by Crippen LogP contribution is -2.49. The molecule has 1 aliphatic rings. The highest BCUT2D eigenvalue weighted by Gasteiger charge is 2.27. The number of hydrogen-bond donors (Lipinski definition) is 1. The molecule has 1 fully saturated rings. The highest BCUT2D eigenvalue weighted by molar-refractivity contribution is 7.88. The molecule has 0 aliphatic carbocycles. The maximum Gasteiger partial charge on any atom is 0.254 e. The molecule has 1 atom stereocenters. The predicted octanol–water partition coefficient (Wildman–Crippen LogP) is 1.24. The Morgan fingerprint density at radius 1 is 1.32 bits per heavy atom. The van der Waals surface area contributed by atoms with E-state index in [4.69, 9.17) is 4.74 Å². The van der Waals surface area contributed by atoms with Crippen LogP contribution in [-0.2, 0) is 10.0 Å². The summed E-state index contributed by atoms with van der Waals surface area (Å²) in [7, 11) is -1.67. The standard InChI is InChI=1S/C15H22N2O4S/c1-21-14-8-6-12(7-9-14)15(18)17-10-4-3-5-13(17)11-16-22(2,19)20/h6-9,13,16H,3-5,10-11H2,1-2H3. The van der Waals surface area contributed by atoms with Crippen molar-refractivity contribution in [2.24, 2.45) is 0 Å². The number of nitrogens with one attached hydrogen (secondary N) is 1. The second-order valence-corrected chi connectivity index (χ2v) is 7.33. The Morgan fingerprint density at radius 2 is 2.00 bits per heavy atom. The Hall–Kier alpha value is -1.60. The van der Waals surface area contributed by atoms with Crippen molar-refractivity contribution >= 4 is 15.9 Å². The number of nitrogens with zero attached hydrogens (tertiary/aromatic N) is 1. The summed E-state index contributed by atoms with van der Waals surface area (Å²) in [5, 5.41) is 0. The Bertz CT molecular complexity index is 613. The molecule has 6 nitrogen and oxygen atoms in total. The van der Waals surface area contributed by atoms with Crippen molar-refractivity contribution in [2.45, 2.75) is 25.3 Å². The first-order valence-corrected chi connectivity index (χ1v) is 9.19. The smallest absolute Gasteiger partial charge is 0.254 e. The summed E-state index contributed by atoms with van der Waals surface area (Å²) in [4.78, 5) is 14.4. The topological polar surface area (TPSA) is 75.7 Å². The highest BCUT2D eigenvalue weighted by Crippen LogP contribution is 2.20. The monoisotopic (exact) mass is 326 g/mol. The predicted molar refractivity (Wildman–Crippen MR) is 84.5 cm³/mol. The van der Waals surface area contributed by atoms with Crippen molar-refractivity contribution in [3.05, 3.63) is 29.8 Å². The van der Waals surface area contributed by atoms with E-state index in [1.54, 1.807) is 36.3 Å². The SMILES string of the molecule is COc1ccc(C(=O)N2CCCCC2CNS(C)(=O)=O)cc1. The number of piperidine rings is 1. The zero-order chi connectivity index (χ0) is 16.2. The fourth-order valence-corrected chi connectivity index (χ4v) is 3.12. The molecule has 0 spiro atoms. The molecule has 122 valence electrons. The first-order chi connectivity index (χ1) is 10.4. The number of sulfonamides is 1. The van der Waals surface area contributed by atoms with Crippen LogP contribution in [0.3, 0.4) is 0 Å². The number of hydrogen-bond acceptors (Lipinski definition) is 4. The molecular weight excluding hydrogens is 304 g/mol. The van der Waals surface area contributed by atoms with Gasteiger partial charge < -0.3 is 9.64 Å². The summed E-state index contributed by atoms with van der Waals surface area (Å²) in [5.74, 6) is 0.633. The van der Waals surface area contributed by atoms with Gasteiger partial charge in [0.2, 0.25) is 10.0 Å². The van der Waals surface area contributed by atoms with Gasteiger partial charge in [-0.25, -0.2) is 13.1 Å². The van der Waals surface area contributed by atoms with Gasteiger partial charge in [-0.3, -0.25) is 4.79 Å². The fourth-order valence-electron chi connectivity index (χ4n) is 2.63. The van der Waals surface area contributed by atoms with Gasteiger partial charge in [0.05, 0.1) is 13.4 Å². The average molecular weight is 326 g/mol. The van der Waals surface area contributed by atoms with Gasteiger partial charge in [-0.15, -0.1) is 0 Å². The van der Waals surface area contributed by atoms with E-state index in [1.165, 1.54) is 0 Å². The van der Waals surface area contributed by atoms with Crippen molar-refractivity contribution in [1.82, 2.24) is 9.62 Å². The molecule has 1 unspecified atom stereocenters. The third-order valence-corrected chi connectivity index (χ3v) is 4.50. The molecule has 0 radical (unpaired) electrons. The molecule has 1 heterocycles. The maximum absolute atomic E-state index is 12.6. The Morgan fingerprint density at radius 3 is 2.59 bits per heavy atom. The molecule has 1 aromatic rings. The van der Waals surface area contributed by atoms with Gasteiger partial charge in [0.1, 0.15) is 5.75 Å². The first-order valence-electron chi connectivity index (χ1n) is 7.30. The molecule has 1 saturated heterocycles. The normalized spacial score (nSPS) is 19.0. The molecule has 1 amide bonds. The van der Waals surface area contributed by atoms with Crippen LogP contribution in [0, 0.1) is 0 Å². The van der Waals surface area contributed by atoms with Crippen molar-refractivity contribution in [3.63, 3.8) is 0 Å². The number of carbonyl (C=O) groups is 1. The Kier molecular flexibility index (Phi) is 5.42. The third kappa shape index (κ3) is 4.45. The second-order valence-electron chi connectivity index (χ2n) is 5.50. The van der Waals surface area contributed by atoms with E-state index in [2.05, 4.69) is 4.72 Å². The molecule has 1 N–H and O–H groups in total. The Balaban J connectivity index is 2.10. The number of carbonyl (C=O) groups excluding carboxylic acids is 1. The van der Waals surface area contributed by atoms with Crippen molar-refractivity contribution in [2.75, 3.05) is 26.5 Å². The van der Waals surface area contributed by atoms with Gasteiger partial charge in [0, 0.05) is 24.7 Å². The van der Waals surface area contributed by atoms with Crippen LogP contribution in [0.2, 0.25) is 0 Å². The molecule has 1 aliphatic heterocycles. The lowest BCUT2D eigenvalue weighted by Gasteiger charge is -2.35. The van der Waals surface area contributed by atoms with E-state index >= 15 is 0 Å². The molecule has 0 bridgehead atoms. The summed E-state index contributed by atoms with van der Waals surface area (Å²) in [6.07, 6.45) is 3.88. The summed E-state index contributed by atoms with van der Waals surface area (Å²) >= 11 is 0. The van der Waals surface area contributed by atoms with Gasteiger partial charge in [-0.05, 0) is 43.5 Å². The van der Waals surface area contributed by atoms with E-state index in [0.717, 1.165) is 25.5 Å². The van der Waals surface area contributed by atoms with Crippen molar-refractivity contribution in [1.29, 1.82) is 0 Å². The molecule has 1 aromatic carbocycles. The largest absolute Gasteiger partial charge is 0.497 e. The average Bonchev–Trinajstić information content (AvgIpc) is 2.52. The van der Waals surface area contributed by atoms with Gasteiger partial charge in [-0.2, -0.15) is 0 Å². The second kappa shape index (κ2) is 7.11. The van der Waals surface area contributed by atoms with E-state index < -0.39 is 10.0 Å². The van der Waals surface area contributed by atoms with E-state index in [1.807, 2.05) is 0 Å². The third-order valence-electron chi connectivity index (χ3n) is 3.81. The minimum atomic E-state index is -3.25. The lowest BCUT2D eigenvalue weighted by atomic mass is 10.0. The van der Waals surface area contributed by atoms with Gasteiger partial charge >= 0.3 is 0 Å². The van der Waals surface area contributed by atoms with Gasteiger partial charge in [0.15, 0.2) is 0 Å². The van der Waals surface area contributed by atoms with Crippen molar-refractivity contribution in [3.8, 4) is 5.75 Å². The van der Waals surface area contributed by atoms with E-state index in [9.17, 15) is 13.2 Å². The van der Waals surface area contributed by atoms with E-state index in [0.29, 0.717) is 17.9 Å². The summed E-state index contributed by atoms with van der Waals surface area (Å²) in [6, 6.07) is 6.87. The summed E-state index contributed by atoms with van der Waals surface area (Å²) in [6.45, 7) is 0.918. The number of rotatable bonds is 5. The van der Waals surface area contributed by atoms with Crippen LogP contribution < -0.4 is 9.46 Å². The van der Waals surface area contributed by atoms with Crippen LogP contribution >= 0.6 is 0 Å². The molecule has 7 heteroatoms. The summed E-state index contributed by atoms with van der Waals surface area (Å²) < 4.78 is 30.1. The zero-order valence-corrected chi connectivity index (χ0v) is 13.7. The van der Waals surface area contributed by atoms with E-state index in [-0.39, 0.29) is 18.5 Å². The van der Waals surface area contributed by atoms with Crippen LogP contribution in [0.1, 0.15) is 29.6 Å². The minimum absolute atomic E-state index is 0.0670. The molecular formula is C15H22N2O4S. The number of likely N-dealkylation sites (tertiary alicyclic amines) is 1. The highest BCUT2D eigenvalue weighted by atomic mass is 32.2. The minimum Gasteiger partial charge on any atom is -0.497 e. The van der Waals surface area contributed by atoms with Crippen LogP contribution in [0.25, 0.3) is 0 Å². The zero-order valence-electron chi connectivity index (χ0n) is 12.9. The molecule has 0 aromatic heterocycles. The van der Waals surface area contributed by atoms with Gasteiger partial charge in [-0.1, -0.05) is 0 Å². The number of benzene rings is 1. The lowest BCUT2D eigenvalue weighted by molar-refractivity contribution is 0.0619. The van der Waals surface area contributed by atoms with Crippen molar-refractivity contribution < 1.29 is 17.9 Å². The van der Waals surface area contributed by atoms with Gasteiger partial charge in [0.25, 0.3) is 5.91 Å². The Labute approximate surface area is 131 Å². The van der Waals surface area contributed by atoms with Crippen LogP contribution in [0.5, 0.6) is 5.75 Å². The van der Waals surface area contributed by atoms with Crippen LogP contribution in [0.4, 0.5) is 0 Å². The molecule has 2 rings (SSSR count). The number of ether oxygens (including phenoxy) is 1. The molecule has 22 heavy (non-hydrogen) atoms. The maximum atomic E-state index is 12.6. The first kappa shape index (κ1) is 16.8. The number of amides is 1.